The molecule has 1 nitrogen and oxygen atoms in total. The van der Waals surface area contributed by atoms with E-state index in [1.807, 2.05) is 6.07 Å². The fraction of sp³-hybridized carbons (Fsp3) is 0.565. The van der Waals surface area contributed by atoms with E-state index in [9.17, 15) is 8.78 Å². The Morgan fingerprint density at radius 3 is 2.54 bits per heavy atom. The molecule has 0 radical (unpaired) electrons. The summed E-state index contributed by atoms with van der Waals surface area (Å²) >= 11 is 0. The quantitative estimate of drug-likeness (QED) is 0.584. The van der Waals surface area contributed by atoms with Gasteiger partial charge in [0.05, 0.1) is 12.5 Å². The first kappa shape index (κ1) is 17.8. The summed E-state index contributed by atoms with van der Waals surface area (Å²) in [7, 11) is 1.40. The Bertz CT molecular complexity index is 800. The van der Waals surface area contributed by atoms with Crippen LogP contribution >= 0.6 is 0 Å². The van der Waals surface area contributed by atoms with Gasteiger partial charge >= 0.3 is 0 Å². The molecule has 0 amide bonds. The normalized spacial score (nSPS) is 28.8. The van der Waals surface area contributed by atoms with Crippen LogP contribution in [0.3, 0.4) is 0 Å². The van der Waals surface area contributed by atoms with Gasteiger partial charge in [-0.25, -0.2) is 8.78 Å². The second-order valence-corrected chi connectivity index (χ2v) is 8.30. The standard InChI is InChI=1S/C23H28F2O/c1-3-14-4-5-16-11-17(7-6-15(16)10-14)19-12-18-8-9-21(26-2)23(25)22(18)20(24)13-19/h8-9,12-17H,3-7,10-11H2,1-2H3/t14?,15-,16?,17-/m1/s1. The topological polar surface area (TPSA) is 9.23 Å². The third-order valence-electron chi connectivity index (χ3n) is 6.98. The molecule has 3 heteroatoms. The lowest BCUT2D eigenvalue weighted by molar-refractivity contribution is 0.116. The molecule has 2 aromatic carbocycles. The van der Waals surface area contributed by atoms with Crippen molar-refractivity contribution in [3.8, 4) is 5.75 Å². The predicted octanol–water partition coefficient (Wildman–Crippen LogP) is 6.84. The molecule has 26 heavy (non-hydrogen) atoms. The summed E-state index contributed by atoms with van der Waals surface area (Å²) in [6.45, 7) is 2.31. The fourth-order valence-electron chi connectivity index (χ4n) is 5.43. The van der Waals surface area contributed by atoms with Crippen molar-refractivity contribution in [3.05, 3.63) is 41.5 Å². The minimum atomic E-state index is -0.601. The van der Waals surface area contributed by atoms with Gasteiger partial charge in [-0.05, 0) is 78.9 Å². The molecular formula is C23H28F2O. The molecule has 2 aliphatic rings. The van der Waals surface area contributed by atoms with Crippen LogP contribution in [-0.2, 0) is 0 Å². The van der Waals surface area contributed by atoms with Crippen LogP contribution in [0.15, 0.2) is 24.3 Å². The van der Waals surface area contributed by atoms with E-state index >= 15 is 0 Å². The van der Waals surface area contributed by atoms with Crippen LogP contribution in [0.5, 0.6) is 5.75 Å². The number of methoxy groups -OCH3 is 1. The number of halogens is 2. The number of rotatable bonds is 3. The highest BCUT2D eigenvalue weighted by Gasteiger charge is 2.35. The number of hydrogen-bond acceptors (Lipinski definition) is 1. The summed E-state index contributed by atoms with van der Waals surface area (Å²) < 4.78 is 34.1. The van der Waals surface area contributed by atoms with Crippen molar-refractivity contribution in [1.29, 1.82) is 0 Å². The van der Waals surface area contributed by atoms with Crippen LogP contribution in [0.1, 0.15) is 63.4 Å². The lowest BCUT2D eigenvalue weighted by atomic mass is 9.63. The Kier molecular flexibility index (Phi) is 4.90. The average Bonchev–Trinajstić information content (AvgIpc) is 2.67. The van der Waals surface area contributed by atoms with Crippen LogP contribution in [0.25, 0.3) is 10.8 Å². The second-order valence-electron chi connectivity index (χ2n) is 8.30. The smallest absolute Gasteiger partial charge is 0.175 e. The van der Waals surface area contributed by atoms with Gasteiger partial charge in [0.25, 0.3) is 0 Å². The van der Waals surface area contributed by atoms with Crippen LogP contribution in [0.2, 0.25) is 0 Å². The lowest BCUT2D eigenvalue weighted by Gasteiger charge is -2.42. The Labute approximate surface area is 154 Å². The van der Waals surface area contributed by atoms with Gasteiger partial charge in [0, 0.05) is 0 Å². The van der Waals surface area contributed by atoms with Gasteiger partial charge < -0.3 is 4.74 Å². The summed E-state index contributed by atoms with van der Waals surface area (Å²) in [6.07, 6.45) is 8.89. The zero-order valence-corrected chi connectivity index (χ0v) is 15.7. The number of hydrogen-bond donors (Lipinski definition) is 0. The molecule has 0 N–H and O–H groups in total. The van der Waals surface area contributed by atoms with Crippen molar-refractivity contribution in [2.24, 2.45) is 17.8 Å². The average molecular weight is 358 g/mol. The molecule has 2 aromatic rings. The summed E-state index contributed by atoms with van der Waals surface area (Å²) in [5.41, 5.74) is 1.04. The van der Waals surface area contributed by atoms with Crippen molar-refractivity contribution in [1.82, 2.24) is 0 Å². The lowest BCUT2D eigenvalue weighted by Crippen LogP contribution is -2.30. The van der Waals surface area contributed by atoms with E-state index in [0.29, 0.717) is 11.3 Å². The summed E-state index contributed by atoms with van der Waals surface area (Å²) in [4.78, 5) is 0. The van der Waals surface area contributed by atoms with Gasteiger partial charge in [0.15, 0.2) is 11.6 Å². The van der Waals surface area contributed by atoms with Crippen LogP contribution in [0.4, 0.5) is 8.78 Å². The summed E-state index contributed by atoms with van der Waals surface area (Å²) in [6, 6.07) is 6.91. The molecule has 0 heterocycles. The van der Waals surface area contributed by atoms with E-state index < -0.39 is 11.6 Å². The van der Waals surface area contributed by atoms with Gasteiger partial charge in [-0.15, -0.1) is 0 Å². The second kappa shape index (κ2) is 7.17. The van der Waals surface area contributed by atoms with E-state index in [1.165, 1.54) is 39.2 Å². The fourth-order valence-corrected chi connectivity index (χ4v) is 5.43. The molecule has 0 spiro atoms. The number of benzene rings is 2. The predicted molar refractivity (Wildman–Crippen MR) is 102 cm³/mol. The van der Waals surface area contributed by atoms with Crippen molar-refractivity contribution < 1.29 is 13.5 Å². The van der Waals surface area contributed by atoms with Gasteiger partial charge in [-0.1, -0.05) is 31.9 Å². The SMILES string of the molecule is CCC1CCC2C[C@H](c3cc(F)c4c(F)c(OC)ccc4c3)CC[C@@H]2C1. The van der Waals surface area contributed by atoms with Gasteiger partial charge in [0.2, 0.25) is 0 Å². The Hall–Kier alpha value is -1.64. The molecule has 2 unspecified atom stereocenters. The van der Waals surface area contributed by atoms with E-state index in [-0.39, 0.29) is 11.1 Å². The first-order chi connectivity index (χ1) is 12.6. The third kappa shape index (κ3) is 3.10. The Morgan fingerprint density at radius 2 is 1.77 bits per heavy atom. The minimum Gasteiger partial charge on any atom is -0.494 e. The van der Waals surface area contributed by atoms with E-state index in [0.717, 1.165) is 36.2 Å². The highest BCUT2D eigenvalue weighted by molar-refractivity contribution is 5.86. The first-order valence-electron chi connectivity index (χ1n) is 10.1. The Balaban J connectivity index is 1.60. The van der Waals surface area contributed by atoms with Gasteiger partial charge in [0.1, 0.15) is 5.82 Å². The first-order valence-corrected chi connectivity index (χ1v) is 10.1. The summed E-state index contributed by atoms with van der Waals surface area (Å²) in [5.74, 6) is 1.97. The summed E-state index contributed by atoms with van der Waals surface area (Å²) in [5, 5.41) is 0.681. The molecular weight excluding hydrogens is 330 g/mol. The molecule has 140 valence electrons. The maximum atomic E-state index is 14.7. The Morgan fingerprint density at radius 1 is 1.00 bits per heavy atom. The minimum absolute atomic E-state index is 0.0465. The van der Waals surface area contributed by atoms with Crippen molar-refractivity contribution in [2.75, 3.05) is 7.11 Å². The molecule has 4 rings (SSSR count). The zero-order chi connectivity index (χ0) is 18.3. The van der Waals surface area contributed by atoms with E-state index in [1.54, 1.807) is 18.2 Å². The zero-order valence-electron chi connectivity index (χ0n) is 15.7. The van der Waals surface area contributed by atoms with Crippen molar-refractivity contribution in [3.63, 3.8) is 0 Å². The molecule has 0 bridgehead atoms. The van der Waals surface area contributed by atoms with E-state index in [2.05, 4.69) is 6.92 Å². The number of fused-ring (bicyclic) bond motifs is 2. The molecule has 0 aromatic heterocycles. The maximum absolute atomic E-state index is 14.7. The third-order valence-corrected chi connectivity index (χ3v) is 6.98. The van der Waals surface area contributed by atoms with Crippen LogP contribution in [-0.4, -0.2) is 7.11 Å². The van der Waals surface area contributed by atoms with Gasteiger partial charge in [-0.2, -0.15) is 0 Å². The van der Waals surface area contributed by atoms with Crippen molar-refractivity contribution >= 4 is 10.8 Å². The molecule has 0 saturated heterocycles. The largest absolute Gasteiger partial charge is 0.494 e. The molecule has 4 atom stereocenters. The highest BCUT2D eigenvalue weighted by Crippen LogP contribution is 2.48. The number of ether oxygens (including phenoxy) is 1. The molecule has 2 saturated carbocycles. The molecule has 2 aliphatic carbocycles. The maximum Gasteiger partial charge on any atom is 0.175 e. The van der Waals surface area contributed by atoms with Gasteiger partial charge in [-0.3, -0.25) is 0 Å². The van der Waals surface area contributed by atoms with Crippen molar-refractivity contribution in [2.45, 2.75) is 57.8 Å². The van der Waals surface area contributed by atoms with Crippen LogP contribution < -0.4 is 4.74 Å². The molecule has 0 aliphatic heterocycles. The van der Waals surface area contributed by atoms with Crippen LogP contribution in [0, 0.1) is 29.4 Å². The van der Waals surface area contributed by atoms with E-state index in [4.69, 9.17) is 4.74 Å². The monoisotopic (exact) mass is 358 g/mol. The molecule has 2 fully saturated rings. The highest BCUT2D eigenvalue weighted by atomic mass is 19.1.